The van der Waals surface area contributed by atoms with E-state index in [1.807, 2.05) is 30.3 Å². The van der Waals surface area contributed by atoms with Crippen LogP contribution in [0.1, 0.15) is 44.1 Å². The van der Waals surface area contributed by atoms with Gasteiger partial charge in [-0.3, -0.25) is 4.79 Å². The van der Waals surface area contributed by atoms with Crippen molar-refractivity contribution in [2.75, 3.05) is 26.4 Å². The van der Waals surface area contributed by atoms with Crippen LogP contribution in [0, 0.1) is 5.92 Å². The lowest BCUT2D eigenvalue weighted by Crippen LogP contribution is -2.42. The number of esters is 1. The molecule has 0 radical (unpaired) electrons. The van der Waals surface area contributed by atoms with Crippen molar-refractivity contribution in [3.8, 4) is 0 Å². The Morgan fingerprint density at radius 1 is 1.12 bits per heavy atom. The molecule has 0 unspecified atom stereocenters. The molecule has 0 amide bonds. The molecule has 5 heteroatoms. The van der Waals surface area contributed by atoms with Crippen molar-refractivity contribution in [2.24, 2.45) is 5.92 Å². The predicted molar refractivity (Wildman–Crippen MR) is 92.9 cm³/mol. The average molecular weight is 348 g/mol. The lowest BCUT2D eigenvalue weighted by molar-refractivity contribution is -0.216. The van der Waals surface area contributed by atoms with E-state index in [4.69, 9.17) is 18.9 Å². The van der Waals surface area contributed by atoms with E-state index < -0.39 is 5.79 Å². The maximum atomic E-state index is 11.8. The maximum absolute atomic E-state index is 11.8. The first-order chi connectivity index (χ1) is 12.3. The molecule has 25 heavy (non-hydrogen) atoms. The van der Waals surface area contributed by atoms with Crippen LogP contribution in [0.15, 0.2) is 30.3 Å². The molecular formula is C20H28O5. The molecular weight excluding hydrogens is 320 g/mol. The third-order valence-corrected chi connectivity index (χ3v) is 5.02. The smallest absolute Gasteiger partial charge is 0.308 e. The summed E-state index contributed by atoms with van der Waals surface area (Å²) in [5.74, 6) is -0.291. The zero-order chi connectivity index (χ0) is 17.4. The van der Waals surface area contributed by atoms with Crippen LogP contribution in [-0.2, 0) is 30.3 Å². The van der Waals surface area contributed by atoms with Crippen LogP contribution >= 0.6 is 0 Å². The van der Waals surface area contributed by atoms with Crippen LogP contribution in [0.25, 0.3) is 0 Å². The van der Waals surface area contributed by atoms with Gasteiger partial charge in [-0.25, -0.2) is 0 Å². The molecule has 1 aliphatic carbocycles. The number of ether oxygens (including phenoxy) is 4. The van der Waals surface area contributed by atoms with Gasteiger partial charge in [-0.2, -0.15) is 0 Å². The second kappa shape index (κ2) is 9.32. The van der Waals surface area contributed by atoms with Crippen LogP contribution < -0.4 is 0 Å². The number of benzene rings is 1. The second-order valence-electron chi connectivity index (χ2n) is 6.75. The van der Waals surface area contributed by atoms with Crippen molar-refractivity contribution in [3.63, 3.8) is 0 Å². The molecule has 138 valence electrons. The summed E-state index contributed by atoms with van der Waals surface area (Å²) in [7, 11) is 0. The summed E-state index contributed by atoms with van der Waals surface area (Å²) in [4.78, 5) is 11.8. The van der Waals surface area contributed by atoms with Crippen LogP contribution in [0.5, 0.6) is 0 Å². The largest absolute Gasteiger partial charge is 0.466 e. The Balaban J connectivity index is 1.30. The third kappa shape index (κ3) is 5.27. The summed E-state index contributed by atoms with van der Waals surface area (Å²) in [5, 5.41) is 0. The van der Waals surface area contributed by atoms with Crippen molar-refractivity contribution in [3.05, 3.63) is 35.9 Å². The zero-order valence-corrected chi connectivity index (χ0v) is 14.8. The van der Waals surface area contributed by atoms with Crippen molar-refractivity contribution in [1.29, 1.82) is 0 Å². The quantitative estimate of drug-likeness (QED) is 0.532. The SMILES string of the molecule is O=C(CCOCc1ccccc1)OCC[C@@H]1CCCCC12OCCO2. The van der Waals surface area contributed by atoms with Crippen molar-refractivity contribution in [2.45, 2.75) is 50.9 Å². The molecule has 1 atom stereocenters. The average Bonchev–Trinajstić information content (AvgIpc) is 3.10. The van der Waals surface area contributed by atoms with Crippen molar-refractivity contribution < 1.29 is 23.7 Å². The Hall–Kier alpha value is -1.43. The summed E-state index contributed by atoms with van der Waals surface area (Å²) < 4.78 is 22.7. The Morgan fingerprint density at radius 3 is 2.72 bits per heavy atom. The number of hydrogen-bond acceptors (Lipinski definition) is 5. The first-order valence-electron chi connectivity index (χ1n) is 9.34. The fraction of sp³-hybridized carbons (Fsp3) is 0.650. The Kier molecular flexibility index (Phi) is 6.84. The summed E-state index contributed by atoms with van der Waals surface area (Å²) in [5.41, 5.74) is 1.11. The van der Waals surface area contributed by atoms with E-state index >= 15 is 0 Å². The zero-order valence-electron chi connectivity index (χ0n) is 14.8. The third-order valence-electron chi connectivity index (χ3n) is 5.02. The second-order valence-corrected chi connectivity index (χ2v) is 6.75. The minimum Gasteiger partial charge on any atom is -0.466 e. The van der Waals surface area contributed by atoms with E-state index in [1.165, 1.54) is 6.42 Å². The van der Waals surface area contributed by atoms with Gasteiger partial charge in [-0.05, 0) is 24.8 Å². The van der Waals surface area contributed by atoms with E-state index in [0.717, 1.165) is 31.2 Å². The van der Waals surface area contributed by atoms with E-state index in [2.05, 4.69) is 0 Å². The van der Waals surface area contributed by atoms with E-state index in [1.54, 1.807) is 0 Å². The predicted octanol–water partition coefficient (Wildman–Crippen LogP) is 3.46. The van der Waals surface area contributed by atoms with Gasteiger partial charge in [-0.1, -0.05) is 36.8 Å². The first-order valence-corrected chi connectivity index (χ1v) is 9.34. The van der Waals surface area contributed by atoms with Gasteiger partial charge in [0.1, 0.15) is 0 Å². The fourth-order valence-electron chi connectivity index (χ4n) is 3.71. The maximum Gasteiger partial charge on any atom is 0.308 e. The minimum atomic E-state index is -0.413. The molecule has 1 heterocycles. The van der Waals surface area contributed by atoms with E-state index in [0.29, 0.717) is 39.0 Å². The number of rotatable bonds is 8. The van der Waals surface area contributed by atoms with Gasteiger partial charge >= 0.3 is 5.97 Å². The van der Waals surface area contributed by atoms with Crippen LogP contribution in [0.4, 0.5) is 0 Å². The highest BCUT2D eigenvalue weighted by molar-refractivity contribution is 5.69. The standard InChI is InChI=1S/C20H28O5/c21-19(10-12-22-16-17-6-2-1-3-7-17)23-13-9-18-8-4-5-11-20(18)24-14-15-25-20/h1-3,6-7,18H,4-5,8-16H2/t18-/m0/s1. The molecule has 1 saturated carbocycles. The first kappa shape index (κ1) is 18.4. The van der Waals surface area contributed by atoms with Gasteiger partial charge in [0.25, 0.3) is 0 Å². The van der Waals surface area contributed by atoms with E-state index in [9.17, 15) is 4.79 Å². The molecule has 0 N–H and O–H groups in total. The summed E-state index contributed by atoms with van der Waals surface area (Å²) in [6, 6.07) is 9.93. The fourth-order valence-corrected chi connectivity index (χ4v) is 3.71. The lowest BCUT2D eigenvalue weighted by atomic mass is 9.81. The molecule has 0 bridgehead atoms. The van der Waals surface area contributed by atoms with Crippen LogP contribution in [0.2, 0.25) is 0 Å². The number of hydrogen-bond donors (Lipinski definition) is 0. The van der Waals surface area contributed by atoms with Gasteiger partial charge in [0.05, 0.1) is 39.5 Å². The number of carbonyl (C=O) groups excluding carboxylic acids is 1. The Morgan fingerprint density at radius 2 is 1.92 bits per heavy atom. The summed E-state index contributed by atoms with van der Waals surface area (Å²) in [6.07, 6.45) is 5.47. The highest BCUT2D eigenvalue weighted by Gasteiger charge is 2.45. The monoisotopic (exact) mass is 348 g/mol. The lowest BCUT2D eigenvalue weighted by Gasteiger charge is -2.39. The Labute approximate surface area is 149 Å². The van der Waals surface area contributed by atoms with Gasteiger partial charge in [-0.15, -0.1) is 0 Å². The topological polar surface area (TPSA) is 54.0 Å². The van der Waals surface area contributed by atoms with E-state index in [-0.39, 0.29) is 12.4 Å². The molecule has 5 nitrogen and oxygen atoms in total. The van der Waals surface area contributed by atoms with Gasteiger partial charge < -0.3 is 18.9 Å². The summed E-state index contributed by atoms with van der Waals surface area (Å²) >= 11 is 0. The minimum absolute atomic E-state index is 0.203. The molecule has 1 saturated heterocycles. The normalized spacial score (nSPS) is 22.2. The van der Waals surface area contributed by atoms with Gasteiger partial charge in [0, 0.05) is 12.3 Å². The summed E-state index contributed by atoms with van der Waals surface area (Å²) in [6.45, 7) is 2.68. The molecule has 1 aromatic rings. The van der Waals surface area contributed by atoms with Crippen molar-refractivity contribution in [1.82, 2.24) is 0 Å². The van der Waals surface area contributed by atoms with Crippen LogP contribution in [0.3, 0.4) is 0 Å². The van der Waals surface area contributed by atoms with Gasteiger partial charge in [0.15, 0.2) is 5.79 Å². The molecule has 1 aromatic carbocycles. The molecule has 2 fully saturated rings. The van der Waals surface area contributed by atoms with Crippen LogP contribution in [-0.4, -0.2) is 38.2 Å². The molecule has 1 spiro atoms. The highest BCUT2D eigenvalue weighted by Crippen LogP contribution is 2.42. The highest BCUT2D eigenvalue weighted by atomic mass is 16.7. The number of carbonyl (C=O) groups is 1. The molecule has 3 rings (SSSR count). The van der Waals surface area contributed by atoms with Crippen molar-refractivity contribution >= 4 is 5.97 Å². The van der Waals surface area contributed by atoms with Gasteiger partial charge in [0.2, 0.25) is 0 Å². The molecule has 2 aliphatic rings. The Bertz CT molecular complexity index is 524. The molecule has 0 aromatic heterocycles. The molecule has 1 aliphatic heterocycles.